The summed E-state index contributed by atoms with van der Waals surface area (Å²) in [5.74, 6) is -2.16. The van der Waals surface area contributed by atoms with E-state index in [-0.39, 0.29) is 58.5 Å². The predicted octanol–water partition coefficient (Wildman–Crippen LogP) is 1.46. The van der Waals surface area contributed by atoms with E-state index in [4.69, 9.17) is 0 Å². The molecule has 1 unspecified atom stereocenters. The highest BCUT2D eigenvalue weighted by atomic mass is 16.3. The van der Waals surface area contributed by atoms with Crippen LogP contribution in [0.3, 0.4) is 0 Å². The lowest BCUT2D eigenvalue weighted by atomic mass is 9.81. The Morgan fingerprint density at radius 3 is 2.03 bits per heavy atom. The Hall–Kier alpha value is -3.19. The van der Waals surface area contributed by atoms with Crippen molar-refractivity contribution >= 4 is 17.5 Å². The van der Waals surface area contributed by atoms with Gasteiger partial charge in [0.05, 0.1) is 11.1 Å². The number of phenolic OH excluding ortho intramolecular Hbond substituents is 2. The van der Waals surface area contributed by atoms with E-state index in [1.165, 1.54) is 12.1 Å². The van der Waals surface area contributed by atoms with Gasteiger partial charge in [-0.3, -0.25) is 14.4 Å². The fourth-order valence-corrected chi connectivity index (χ4v) is 4.90. The first-order valence-electron chi connectivity index (χ1n) is 10.3. The maximum absolute atomic E-state index is 13.0. The Morgan fingerprint density at radius 1 is 0.967 bits per heavy atom. The number of carbonyl (C=O) groups is 3. The Bertz CT molecular complexity index is 1030. The minimum Gasteiger partial charge on any atom is -0.507 e. The molecule has 1 atom stereocenters. The molecule has 1 saturated heterocycles. The average Bonchev–Trinajstić information content (AvgIpc) is 3.22. The molecular weight excluding hydrogens is 384 g/mol. The zero-order valence-corrected chi connectivity index (χ0v) is 16.3. The number of nitrogens with one attached hydrogen (secondary N) is 2. The van der Waals surface area contributed by atoms with Crippen LogP contribution in [0.2, 0.25) is 0 Å². The second-order valence-corrected chi connectivity index (χ2v) is 8.27. The molecule has 1 fully saturated rings. The van der Waals surface area contributed by atoms with Crippen molar-refractivity contribution in [3.8, 4) is 11.5 Å². The SMILES string of the molecule is O=C1c2ccccc2C(=O)c2c(O)c3c(c(O)c21)CC(C(=O)NC1CCCNC1)C3. The highest BCUT2D eigenvalue weighted by molar-refractivity contribution is 6.30. The largest absolute Gasteiger partial charge is 0.507 e. The van der Waals surface area contributed by atoms with E-state index in [1.54, 1.807) is 12.1 Å². The molecule has 1 aliphatic heterocycles. The third kappa shape index (κ3) is 2.73. The number of benzene rings is 2. The molecule has 1 amide bonds. The zero-order chi connectivity index (χ0) is 21.0. The van der Waals surface area contributed by atoms with Gasteiger partial charge in [-0.1, -0.05) is 24.3 Å². The molecule has 0 saturated carbocycles. The Kier molecular flexibility index (Phi) is 4.36. The molecule has 1 heterocycles. The van der Waals surface area contributed by atoms with Gasteiger partial charge in [0, 0.05) is 40.8 Å². The van der Waals surface area contributed by atoms with Crippen LogP contribution in [0, 0.1) is 5.92 Å². The Labute approximate surface area is 173 Å². The number of amides is 1. The summed E-state index contributed by atoms with van der Waals surface area (Å²) in [7, 11) is 0. The molecular formula is C23H22N2O5. The van der Waals surface area contributed by atoms with Gasteiger partial charge in [-0.05, 0) is 32.2 Å². The van der Waals surface area contributed by atoms with Crippen LogP contribution < -0.4 is 10.6 Å². The maximum Gasteiger partial charge on any atom is 0.224 e. The van der Waals surface area contributed by atoms with Gasteiger partial charge in [-0.15, -0.1) is 0 Å². The summed E-state index contributed by atoms with van der Waals surface area (Å²) in [5, 5.41) is 28.1. The number of phenols is 2. The lowest BCUT2D eigenvalue weighted by Crippen LogP contribution is -2.47. The Morgan fingerprint density at radius 2 is 1.53 bits per heavy atom. The van der Waals surface area contributed by atoms with Gasteiger partial charge in [0.25, 0.3) is 0 Å². The summed E-state index contributed by atoms with van der Waals surface area (Å²) in [4.78, 5) is 38.8. The minimum atomic E-state index is -0.489. The molecule has 154 valence electrons. The fraction of sp³-hybridized carbons (Fsp3) is 0.348. The minimum absolute atomic E-state index is 0.0583. The quantitative estimate of drug-likeness (QED) is 0.479. The summed E-state index contributed by atoms with van der Waals surface area (Å²) in [6.07, 6.45) is 2.34. The Balaban J connectivity index is 1.50. The number of hydrogen-bond acceptors (Lipinski definition) is 6. The van der Waals surface area contributed by atoms with Gasteiger partial charge < -0.3 is 20.8 Å². The van der Waals surface area contributed by atoms with E-state index >= 15 is 0 Å². The number of hydrogen-bond donors (Lipinski definition) is 4. The number of rotatable bonds is 2. The molecule has 0 bridgehead atoms. The third-order valence-electron chi connectivity index (χ3n) is 6.45. The standard InChI is InChI=1S/C23H22N2O5/c26-19-13-5-1-2-6-14(13)20(27)18-17(19)21(28)15-8-11(9-16(15)22(18)29)23(30)25-12-4-3-7-24-10-12/h1-2,5-6,11-12,24,28-29H,3-4,7-10H2,(H,25,30). The first-order valence-corrected chi connectivity index (χ1v) is 10.3. The first-order chi connectivity index (χ1) is 14.5. The summed E-state index contributed by atoms with van der Waals surface area (Å²) in [6, 6.07) is 6.44. The van der Waals surface area contributed by atoms with Crippen LogP contribution in [0.15, 0.2) is 24.3 Å². The normalized spacial score (nSPS) is 20.5. The van der Waals surface area contributed by atoms with Crippen LogP contribution in [-0.4, -0.2) is 46.8 Å². The molecule has 5 rings (SSSR count). The van der Waals surface area contributed by atoms with Gasteiger partial charge in [-0.2, -0.15) is 0 Å². The number of fused-ring (bicyclic) bond motifs is 3. The molecule has 4 N–H and O–H groups in total. The summed E-state index contributed by atoms with van der Waals surface area (Å²) >= 11 is 0. The van der Waals surface area contributed by atoms with Crippen molar-refractivity contribution in [3.63, 3.8) is 0 Å². The fourth-order valence-electron chi connectivity index (χ4n) is 4.90. The van der Waals surface area contributed by atoms with Crippen LogP contribution in [0.4, 0.5) is 0 Å². The van der Waals surface area contributed by atoms with Gasteiger partial charge in [0.1, 0.15) is 11.5 Å². The van der Waals surface area contributed by atoms with Crippen LogP contribution in [0.25, 0.3) is 0 Å². The highest BCUT2D eigenvalue weighted by Crippen LogP contribution is 2.47. The maximum atomic E-state index is 13.0. The van der Waals surface area contributed by atoms with Gasteiger partial charge >= 0.3 is 0 Å². The summed E-state index contributed by atoms with van der Waals surface area (Å²) in [5.41, 5.74) is 0.867. The molecule has 3 aliphatic rings. The van der Waals surface area contributed by atoms with Crippen LogP contribution in [0.1, 0.15) is 55.8 Å². The van der Waals surface area contributed by atoms with Gasteiger partial charge in [-0.25, -0.2) is 0 Å². The molecule has 2 aromatic rings. The van der Waals surface area contributed by atoms with E-state index < -0.39 is 17.5 Å². The molecule has 0 aromatic heterocycles. The molecule has 2 aliphatic carbocycles. The third-order valence-corrected chi connectivity index (χ3v) is 6.45. The van der Waals surface area contributed by atoms with Crippen molar-refractivity contribution in [1.82, 2.24) is 10.6 Å². The topological polar surface area (TPSA) is 116 Å². The van der Waals surface area contributed by atoms with E-state index in [2.05, 4.69) is 10.6 Å². The van der Waals surface area contributed by atoms with Gasteiger partial charge in [0.2, 0.25) is 5.91 Å². The number of carbonyl (C=O) groups excluding carboxylic acids is 3. The van der Waals surface area contributed by atoms with E-state index in [0.29, 0.717) is 11.1 Å². The van der Waals surface area contributed by atoms with Crippen molar-refractivity contribution in [2.75, 3.05) is 13.1 Å². The van der Waals surface area contributed by atoms with Crippen LogP contribution in [0.5, 0.6) is 11.5 Å². The first kappa shape index (κ1) is 18.8. The second-order valence-electron chi connectivity index (χ2n) is 8.27. The van der Waals surface area contributed by atoms with Crippen LogP contribution in [-0.2, 0) is 17.6 Å². The average molecular weight is 406 g/mol. The van der Waals surface area contributed by atoms with Gasteiger partial charge in [0.15, 0.2) is 11.6 Å². The second kappa shape index (κ2) is 6.95. The van der Waals surface area contributed by atoms with Crippen molar-refractivity contribution in [1.29, 1.82) is 0 Å². The van der Waals surface area contributed by atoms with E-state index in [1.807, 2.05) is 0 Å². The molecule has 30 heavy (non-hydrogen) atoms. The molecule has 7 heteroatoms. The van der Waals surface area contributed by atoms with E-state index in [9.17, 15) is 24.6 Å². The lowest BCUT2D eigenvalue weighted by molar-refractivity contribution is -0.125. The zero-order valence-electron chi connectivity index (χ0n) is 16.3. The molecule has 0 spiro atoms. The molecule has 7 nitrogen and oxygen atoms in total. The predicted molar refractivity (Wildman–Crippen MR) is 108 cm³/mol. The number of ketones is 2. The monoisotopic (exact) mass is 406 g/mol. The summed E-state index contributed by atoms with van der Waals surface area (Å²) < 4.78 is 0. The van der Waals surface area contributed by atoms with Crippen molar-refractivity contribution in [2.45, 2.75) is 31.7 Å². The lowest BCUT2D eigenvalue weighted by Gasteiger charge is -2.25. The number of piperidine rings is 1. The van der Waals surface area contributed by atoms with Crippen LogP contribution >= 0.6 is 0 Å². The van der Waals surface area contributed by atoms with E-state index in [0.717, 1.165) is 25.9 Å². The smallest absolute Gasteiger partial charge is 0.224 e. The molecule has 2 aromatic carbocycles. The molecule has 0 radical (unpaired) electrons. The van der Waals surface area contributed by atoms with Crippen molar-refractivity contribution < 1.29 is 24.6 Å². The van der Waals surface area contributed by atoms with Crippen molar-refractivity contribution in [2.24, 2.45) is 5.92 Å². The number of aromatic hydroxyl groups is 2. The van der Waals surface area contributed by atoms with Crippen molar-refractivity contribution in [3.05, 3.63) is 57.6 Å². The highest BCUT2D eigenvalue weighted by Gasteiger charge is 2.41. The summed E-state index contributed by atoms with van der Waals surface area (Å²) in [6.45, 7) is 1.66.